The van der Waals surface area contributed by atoms with Crippen molar-refractivity contribution in [1.82, 2.24) is 5.32 Å². The summed E-state index contributed by atoms with van der Waals surface area (Å²) in [7, 11) is 0. The molecule has 4 nitrogen and oxygen atoms in total. The minimum absolute atomic E-state index is 0.0276. The van der Waals surface area contributed by atoms with E-state index in [0.29, 0.717) is 13.0 Å². The zero-order valence-corrected chi connectivity index (χ0v) is 11.3. The molecule has 0 fully saturated rings. The number of hydrogen-bond donors (Lipinski definition) is 2. The van der Waals surface area contributed by atoms with Gasteiger partial charge >= 0.3 is 0 Å². The second kappa shape index (κ2) is 7.01. The van der Waals surface area contributed by atoms with Gasteiger partial charge in [0.05, 0.1) is 12.1 Å². The molecule has 0 saturated heterocycles. The molecule has 0 bridgehead atoms. The van der Waals surface area contributed by atoms with Crippen LogP contribution < -0.4 is 15.8 Å². The summed E-state index contributed by atoms with van der Waals surface area (Å²) < 4.78 is 5.62. The van der Waals surface area contributed by atoms with Gasteiger partial charge in [-0.25, -0.2) is 0 Å². The Hall–Kier alpha value is -1.55. The van der Waals surface area contributed by atoms with Gasteiger partial charge in [-0.15, -0.1) is 0 Å². The van der Waals surface area contributed by atoms with Gasteiger partial charge in [0.2, 0.25) is 5.91 Å². The van der Waals surface area contributed by atoms with Gasteiger partial charge in [-0.3, -0.25) is 4.79 Å². The van der Waals surface area contributed by atoms with E-state index in [2.05, 4.69) is 5.32 Å². The van der Waals surface area contributed by atoms with Crippen LogP contribution in [0.4, 0.5) is 0 Å². The Bertz CT molecular complexity index is 391. The first-order chi connectivity index (χ1) is 8.52. The fraction of sp³-hybridized carbons (Fsp3) is 0.500. The second-order valence-electron chi connectivity index (χ2n) is 4.57. The van der Waals surface area contributed by atoms with E-state index >= 15 is 0 Å². The number of carbonyl (C=O) groups is 1. The fourth-order valence-electron chi connectivity index (χ4n) is 1.66. The molecule has 1 aromatic rings. The smallest absolute Gasteiger partial charge is 0.221 e. The molecule has 0 aromatic heterocycles. The van der Waals surface area contributed by atoms with Crippen LogP contribution in [0.3, 0.4) is 0 Å². The van der Waals surface area contributed by atoms with Crippen molar-refractivity contribution in [3.8, 4) is 5.75 Å². The highest BCUT2D eigenvalue weighted by molar-refractivity contribution is 5.76. The van der Waals surface area contributed by atoms with Crippen LogP contribution in [0.25, 0.3) is 0 Å². The number of benzene rings is 1. The Morgan fingerprint density at radius 3 is 2.72 bits per heavy atom. The van der Waals surface area contributed by atoms with E-state index < -0.39 is 0 Å². The number of nitrogens with one attached hydrogen (secondary N) is 1. The van der Waals surface area contributed by atoms with Gasteiger partial charge in [0, 0.05) is 13.0 Å². The first-order valence-electron chi connectivity index (χ1n) is 6.29. The average Bonchev–Trinajstić information content (AvgIpc) is 2.28. The van der Waals surface area contributed by atoms with E-state index in [1.165, 1.54) is 0 Å². The third kappa shape index (κ3) is 4.75. The molecule has 1 amide bonds. The molecule has 0 saturated carbocycles. The molecule has 0 aliphatic carbocycles. The highest BCUT2D eigenvalue weighted by Crippen LogP contribution is 2.20. The maximum atomic E-state index is 11.5. The van der Waals surface area contributed by atoms with Gasteiger partial charge in [0.25, 0.3) is 0 Å². The van der Waals surface area contributed by atoms with Crippen LogP contribution in [-0.2, 0) is 4.79 Å². The van der Waals surface area contributed by atoms with E-state index in [1.807, 2.05) is 45.0 Å². The lowest BCUT2D eigenvalue weighted by molar-refractivity contribution is -0.121. The van der Waals surface area contributed by atoms with Crippen molar-refractivity contribution in [3.05, 3.63) is 29.8 Å². The molecule has 1 atom stereocenters. The number of rotatable bonds is 6. The fourth-order valence-corrected chi connectivity index (χ4v) is 1.66. The van der Waals surface area contributed by atoms with Crippen molar-refractivity contribution >= 4 is 5.91 Å². The molecule has 3 N–H and O–H groups in total. The number of nitrogens with two attached hydrogens (primary N) is 1. The van der Waals surface area contributed by atoms with Crippen LogP contribution in [0.5, 0.6) is 5.75 Å². The molecule has 18 heavy (non-hydrogen) atoms. The minimum atomic E-state index is -0.0419. The van der Waals surface area contributed by atoms with E-state index in [4.69, 9.17) is 10.5 Å². The SMILES string of the molecule is CC(C)Oc1cccc(C(C)NC(=O)CCN)c1. The summed E-state index contributed by atoms with van der Waals surface area (Å²) in [6.45, 7) is 6.29. The summed E-state index contributed by atoms with van der Waals surface area (Å²) in [5, 5.41) is 2.90. The van der Waals surface area contributed by atoms with Crippen LogP contribution in [0, 0.1) is 0 Å². The lowest BCUT2D eigenvalue weighted by Gasteiger charge is -2.16. The average molecular weight is 250 g/mol. The topological polar surface area (TPSA) is 64.3 Å². The van der Waals surface area contributed by atoms with Crippen molar-refractivity contribution in [2.45, 2.75) is 39.3 Å². The van der Waals surface area contributed by atoms with Crippen LogP contribution >= 0.6 is 0 Å². The zero-order chi connectivity index (χ0) is 13.5. The maximum Gasteiger partial charge on any atom is 0.221 e. The van der Waals surface area contributed by atoms with E-state index in [-0.39, 0.29) is 18.1 Å². The molecule has 0 radical (unpaired) electrons. The van der Waals surface area contributed by atoms with Gasteiger partial charge in [-0.2, -0.15) is 0 Å². The first kappa shape index (κ1) is 14.5. The largest absolute Gasteiger partial charge is 0.491 e. The molecule has 0 heterocycles. The van der Waals surface area contributed by atoms with Crippen molar-refractivity contribution in [3.63, 3.8) is 0 Å². The van der Waals surface area contributed by atoms with E-state index in [0.717, 1.165) is 11.3 Å². The first-order valence-corrected chi connectivity index (χ1v) is 6.29. The summed E-state index contributed by atoms with van der Waals surface area (Å²) in [6.07, 6.45) is 0.495. The van der Waals surface area contributed by atoms with Crippen molar-refractivity contribution in [2.75, 3.05) is 6.54 Å². The Kier molecular flexibility index (Phi) is 5.65. The number of hydrogen-bond acceptors (Lipinski definition) is 3. The Morgan fingerprint density at radius 1 is 1.39 bits per heavy atom. The quantitative estimate of drug-likeness (QED) is 0.811. The summed E-state index contributed by atoms with van der Waals surface area (Å²) in [5.74, 6) is 0.794. The molecule has 100 valence electrons. The third-order valence-electron chi connectivity index (χ3n) is 2.48. The number of ether oxygens (including phenoxy) is 1. The molecule has 1 rings (SSSR count). The van der Waals surface area contributed by atoms with Crippen LogP contribution in [-0.4, -0.2) is 18.6 Å². The van der Waals surface area contributed by atoms with Gasteiger partial charge in [-0.05, 0) is 38.5 Å². The number of carbonyl (C=O) groups excluding carboxylic acids is 1. The molecule has 0 spiro atoms. The normalized spacial score (nSPS) is 12.3. The lowest BCUT2D eigenvalue weighted by Crippen LogP contribution is -2.28. The minimum Gasteiger partial charge on any atom is -0.491 e. The van der Waals surface area contributed by atoms with Gasteiger partial charge in [0.1, 0.15) is 5.75 Å². The predicted molar refractivity (Wildman–Crippen MR) is 72.4 cm³/mol. The van der Waals surface area contributed by atoms with Crippen LogP contribution in [0.1, 0.15) is 38.8 Å². The molecular formula is C14H22N2O2. The van der Waals surface area contributed by atoms with Crippen LogP contribution in [0.15, 0.2) is 24.3 Å². The summed E-state index contributed by atoms with van der Waals surface area (Å²) in [4.78, 5) is 11.5. The summed E-state index contributed by atoms with van der Waals surface area (Å²) >= 11 is 0. The van der Waals surface area contributed by atoms with Gasteiger partial charge in [0.15, 0.2) is 0 Å². The molecule has 0 aliphatic rings. The van der Waals surface area contributed by atoms with E-state index in [1.54, 1.807) is 0 Å². The van der Waals surface area contributed by atoms with Gasteiger partial charge in [-0.1, -0.05) is 12.1 Å². The molecule has 0 aliphatic heterocycles. The van der Waals surface area contributed by atoms with E-state index in [9.17, 15) is 4.79 Å². The molecule has 1 aromatic carbocycles. The standard InChI is InChI=1S/C14H22N2O2/c1-10(2)18-13-6-4-5-12(9-13)11(3)16-14(17)7-8-15/h4-6,9-11H,7-8,15H2,1-3H3,(H,16,17). The van der Waals surface area contributed by atoms with Crippen molar-refractivity contribution in [1.29, 1.82) is 0 Å². The van der Waals surface area contributed by atoms with Gasteiger partial charge < -0.3 is 15.8 Å². The third-order valence-corrected chi connectivity index (χ3v) is 2.48. The second-order valence-corrected chi connectivity index (χ2v) is 4.57. The molecule has 4 heteroatoms. The highest BCUT2D eigenvalue weighted by Gasteiger charge is 2.09. The Labute approximate surface area is 109 Å². The van der Waals surface area contributed by atoms with Crippen LogP contribution in [0.2, 0.25) is 0 Å². The zero-order valence-electron chi connectivity index (χ0n) is 11.3. The Morgan fingerprint density at radius 2 is 2.11 bits per heavy atom. The predicted octanol–water partition coefficient (Wildman–Crippen LogP) is 2.00. The molecular weight excluding hydrogens is 228 g/mol. The van der Waals surface area contributed by atoms with Crippen molar-refractivity contribution in [2.24, 2.45) is 5.73 Å². The molecule has 1 unspecified atom stereocenters. The Balaban J connectivity index is 2.67. The summed E-state index contributed by atoms with van der Waals surface area (Å²) in [6, 6.07) is 7.73. The maximum absolute atomic E-state index is 11.5. The van der Waals surface area contributed by atoms with Crippen molar-refractivity contribution < 1.29 is 9.53 Å². The monoisotopic (exact) mass is 250 g/mol. The number of amides is 1. The highest BCUT2D eigenvalue weighted by atomic mass is 16.5. The lowest BCUT2D eigenvalue weighted by atomic mass is 10.1. The summed E-state index contributed by atoms with van der Waals surface area (Å²) in [5.41, 5.74) is 6.37.